The second-order valence-electron chi connectivity index (χ2n) is 5.40. The van der Waals surface area contributed by atoms with Crippen LogP contribution in [0.25, 0.3) is 0 Å². The molecule has 0 radical (unpaired) electrons. The Morgan fingerprint density at radius 3 is 2.85 bits per heavy atom. The summed E-state index contributed by atoms with van der Waals surface area (Å²) in [7, 11) is 3.65. The lowest BCUT2D eigenvalue weighted by Gasteiger charge is -2.17. The molecule has 0 bridgehead atoms. The predicted molar refractivity (Wildman–Crippen MR) is 77.6 cm³/mol. The molecule has 2 rings (SSSR count). The normalized spacial score (nSPS) is 14.3. The summed E-state index contributed by atoms with van der Waals surface area (Å²) in [5.74, 6) is 1.45. The Kier molecular flexibility index (Phi) is 5.40. The van der Waals surface area contributed by atoms with Gasteiger partial charge in [0.05, 0.1) is 19.3 Å². The molecule has 4 heteroatoms. The second kappa shape index (κ2) is 7.28. The van der Waals surface area contributed by atoms with Gasteiger partial charge in [-0.1, -0.05) is 6.07 Å². The van der Waals surface area contributed by atoms with Crippen LogP contribution in [0.1, 0.15) is 24.0 Å². The summed E-state index contributed by atoms with van der Waals surface area (Å²) >= 11 is 0. The minimum Gasteiger partial charge on any atom is -0.495 e. The Morgan fingerprint density at radius 1 is 1.40 bits per heavy atom. The van der Waals surface area contributed by atoms with Crippen molar-refractivity contribution in [3.63, 3.8) is 0 Å². The molecule has 1 aromatic rings. The van der Waals surface area contributed by atoms with Crippen LogP contribution in [0.4, 0.5) is 0 Å². The first-order valence-electron chi connectivity index (χ1n) is 7.06. The van der Waals surface area contributed by atoms with Gasteiger partial charge in [0.15, 0.2) is 0 Å². The molecule has 0 amide bonds. The highest BCUT2D eigenvalue weighted by molar-refractivity contribution is 5.45. The third-order valence-corrected chi connectivity index (χ3v) is 3.50. The zero-order valence-corrected chi connectivity index (χ0v) is 12.3. The molecule has 108 valence electrons. The summed E-state index contributed by atoms with van der Waals surface area (Å²) in [5, 5.41) is 9.08. The van der Waals surface area contributed by atoms with Crippen LogP contribution in [-0.2, 0) is 11.3 Å². The fourth-order valence-electron chi connectivity index (χ4n) is 2.09. The molecule has 0 aromatic heterocycles. The van der Waals surface area contributed by atoms with Gasteiger partial charge in [0.25, 0.3) is 0 Å². The zero-order chi connectivity index (χ0) is 14.4. The van der Waals surface area contributed by atoms with E-state index in [1.54, 1.807) is 7.11 Å². The molecule has 1 aliphatic rings. The lowest BCUT2D eigenvalue weighted by Crippen LogP contribution is -2.23. The molecule has 1 aromatic carbocycles. The monoisotopic (exact) mass is 274 g/mol. The van der Waals surface area contributed by atoms with Crippen molar-refractivity contribution >= 4 is 0 Å². The molecule has 0 atom stereocenters. The van der Waals surface area contributed by atoms with Crippen molar-refractivity contribution in [3.8, 4) is 11.8 Å². The quantitative estimate of drug-likeness (QED) is 0.683. The van der Waals surface area contributed by atoms with Crippen molar-refractivity contribution in [2.75, 3.05) is 33.9 Å². The molecule has 1 aliphatic carbocycles. The van der Waals surface area contributed by atoms with Crippen LogP contribution in [-0.4, -0.2) is 38.8 Å². The minimum atomic E-state index is 0.586. The molecular formula is C16H22N2O2. The molecule has 0 heterocycles. The van der Waals surface area contributed by atoms with Gasteiger partial charge in [0.1, 0.15) is 11.8 Å². The van der Waals surface area contributed by atoms with Crippen molar-refractivity contribution in [2.45, 2.75) is 19.4 Å². The highest BCUT2D eigenvalue weighted by Gasteiger charge is 2.20. The summed E-state index contributed by atoms with van der Waals surface area (Å²) in [4.78, 5) is 2.20. The van der Waals surface area contributed by atoms with E-state index in [1.165, 1.54) is 12.8 Å². The maximum Gasteiger partial charge on any atom is 0.136 e. The number of ether oxygens (including phenoxy) is 2. The van der Waals surface area contributed by atoms with Crippen LogP contribution in [0, 0.1) is 17.2 Å². The van der Waals surface area contributed by atoms with Crippen molar-refractivity contribution < 1.29 is 9.47 Å². The number of nitriles is 1. The number of likely N-dealkylation sites (N-methyl/N-ethyl adjacent to an activating group) is 1. The van der Waals surface area contributed by atoms with Crippen molar-refractivity contribution in [1.82, 2.24) is 4.90 Å². The molecule has 0 N–H and O–H groups in total. The van der Waals surface area contributed by atoms with Crippen molar-refractivity contribution in [1.29, 1.82) is 5.26 Å². The van der Waals surface area contributed by atoms with E-state index in [9.17, 15) is 0 Å². The predicted octanol–water partition coefficient (Wildman–Crippen LogP) is 2.43. The third kappa shape index (κ3) is 4.52. The van der Waals surface area contributed by atoms with Crippen molar-refractivity contribution in [3.05, 3.63) is 29.3 Å². The van der Waals surface area contributed by atoms with Crippen LogP contribution in [0.5, 0.6) is 5.75 Å². The van der Waals surface area contributed by atoms with E-state index in [4.69, 9.17) is 14.7 Å². The van der Waals surface area contributed by atoms with Gasteiger partial charge in [-0.2, -0.15) is 5.26 Å². The van der Waals surface area contributed by atoms with Gasteiger partial charge in [-0.05, 0) is 43.5 Å². The Bertz CT molecular complexity index is 478. The minimum absolute atomic E-state index is 0.586. The topological polar surface area (TPSA) is 45.5 Å². The zero-order valence-electron chi connectivity index (χ0n) is 12.3. The van der Waals surface area contributed by atoms with Crippen LogP contribution in [0.15, 0.2) is 18.2 Å². The Hall–Kier alpha value is -1.57. The van der Waals surface area contributed by atoms with Gasteiger partial charge in [0.2, 0.25) is 0 Å². The van der Waals surface area contributed by atoms with E-state index in [1.807, 2.05) is 18.2 Å². The number of rotatable bonds is 8. The number of benzene rings is 1. The standard InChI is InChI=1S/C16H22N2O2/c1-18(7-8-20-12-13-3-4-13)11-14-5-6-16(19-2)15(9-14)10-17/h5-6,9,13H,3-4,7-8,11-12H2,1-2H3. The van der Waals surface area contributed by atoms with Crippen LogP contribution < -0.4 is 4.74 Å². The number of hydrogen-bond donors (Lipinski definition) is 0. The van der Waals surface area contributed by atoms with Gasteiger partial charge in [-0.15, -0.1) is 0 Å². The van der Waals surface area contributed by atoms with Crippen LogP contribution >= 0.6 is 0 Å². The van der Waals surface area contributed by atoms with E-state index in [0.717, 1.165) is 37.8 Å². The number of hydrogen-bond acceptors (Lipinski definition) is 4. The molecule has 1 saturated carbocycles. The fraction of sp³-hybridized carbons (Fsp3) is 0.562. The lowest BCUT2D eigenvalue weighted by molar-refractivity contribution is 0.102. The van der Waals surface area contributed by atoms with Crippen LogP contribution in [0.3, 0.4) is 0 Å². The average Bonchev–Trinajstić information content (AvgIpc) is 3.27. The number of methoxy groups -OCH3 is 1. The molecule has 4 nitrogen and oxygen atoms in total. The first-order valence-corrected chi connectivity index (χ1v) is 7.06. The first kappa shape index (κ1) is 14.8. The molecule has 0 saturated heterocycles. The van der Waals surface area contributed by atoms with Gasteiger partial charge in [-0.25, -0.2) is 0 Å². The van der Waals surface area contributed by atoms with Crippen molar-refractivity contribution in [2.24, 2.45) is 5.92 Å². The molecule has 0 aliphatic heterocycles. The maximum atomic E-state index is 9.08. The Labute approximate surface area is 120 Å². The fourth-order valence-corrected chi connectivity index (χ4v) is 2.09. The van der Waals surface area contributed by atoms with Gasteiger partial charge in [-0.3, -0.25) is 4.90 Å². The summed E-state index contributed by atoms with van der Waals surface area (Å²) < 4.78 is 10.8. The first-order chi connectivity index (χ1) is 9.72. The summed E-state index contributed by atoms with van der Waals surface area (Å²) in [6, 6.07) is 7.91. The number of nitrogens with zero attached hydrogens (tertiary/aromatic N) is 2. The highest BCUT2D eigenvalue weighted by Crippen LogP contribution is 2.28. The second-order valence-corrected chi connectivity index (χ2v) is 5.40. The van der Waals surface area contributed by atoms with E-state index >= 15 is 0 Å². The molecule has 1 fully saturated rings. The van der Waals surface area contributed by atoms with Gasteiger partial charge in [0, 0.05) is 19.7 Å². The van der Waals surface area contributed by atoms with Gasteiger partial charge >= 0.3 is 0 Å². The Balaban J connectivity index is 1.77. The van der Waals surface area contributed by atoms with Crippen LogP contribution in [0.2, 0.25) is 0 Å². The summed E-state index contributed by atoms with van der Waals surface area (Å²) in [6.07, 6.45) is 2.66. The smallest absolute Gasteiger partial charge is 0.136 e. The SMILES string of the molecule is COc1ccc(CN(C)CCOCC2CC2)cc1C#N. The summed E-state index contributed by atoms with van der Waals surface area (Å²) in [6.45, 7) is 3.40. The molecular weight excluding hydrogens is 252 g/mol. The van der Waals surface area contributed by atoms with E-state index < -0.39 is 0 Å². The largest absolute Gasteiger partial charge is 0.495 e. The van der Waals surface area contributed by atoms with E-state index in [-0.39, 0.29) is 0 Å². The highest BCUT2D eigenvalue weighted by atomic mass is 16.5. The molecule has 0 unspecified atom stereocenters. The third-order valence-electron chi connectivity index (χ3n) is 3.50. The van der Waals surface area contributed by atoms with E-state index in [2.05, 4.69) is 18.0 Å². The molecule has 0 spiro atoms. The average molecular weight is 274 g/mol. The maximum absolute atomic E-state index is 9.08. The molecule has 20 heavy (non-hydrogen) atoms. The lowest BCUT2D eigenvalue weighted by atomic mass is 10.1. The van der Waals surface area contributed by atoms with Gasteiger partial charge < -0.3 is 9.47 Å². The van der Waals surface area contributed by atoms with E-state index in [0.29, 0.717) is 11.3 Å². The summed E-state index contributed by atoms with van der Waals surface area (Å²) in [5.41, 5.74) is 1.70. The Morgan fingerprint density at radius 2 is 2.20 bits per heavy atom.